The van der Waals surface area contributed by atoms with E-state index in [1.165, 1.54) is 32.1 Å². The summed E-state index contributed by atoms with van der Waals surface area (Å²) in [5, 5.41) is 0. The Morgan fingerprint density at radius 1 is 1.42 bits per heavy atom. The van der Waals surface area contributed by atoms with Gasteiger partial charge in [0.1, 0.15) is 0 Å². The first-order valence-corrected chi connectivity index (χ1v) is 5.07. The first-order chi connectivity index (χ1) is 5.85. The van der Waals surface area contributed by atoms with Gasteiger partial charge in [-0.1, -0.05) is 31.6 Å². The minimum absolute atomic E-state index is 0.890. The van der Waals surface area contributed by atoms with Crippen LogP contribution in [-0.4, -0.2) is 0 Å². The van der Waals surface area contributed by atoms with Crippen molar-refractivity contribution in [1.82, 2.24) is 0 Å². The monoisotopic (exact) mass is 166 g/mol. The van der Waals surface area contributed by atoms with Gasteiger partial charge in [0.15, 0.2) is 0 Å². The van der Waals surface area contributed by atoms with Crippen LogP contribution in [0.4, 0.5) is 0 Å². The minimum Gasteiger partial charge on any atom is -0.103 e. The molecule has 0 saturated carbocycles. The van der Waals surface area contributed by atoms with Gasteiger partial charge in [0.05, 0.1) is 0 Å². The van der Waals surface area contributed by atoms with Crippen LogP contribution in [-0.2, 0) is 0 Å². The van der Waals surface area contributed by atoms with Crippen LogP contribution in [0.25, 0.3) is 0 Å². The molecule has 0 N–H and O–H groups in total. The van der Waals surface area contributed by atoms with Crippen molar-refractivity contribution in [1.29, 1.82) is 0 Å². The minimum atomic E-state index is 0.890. The molecule has 0 bridgehead atoms. The van der Waals surface area contributed by atoms with E-state index in [0.29, 0.717) is 0 Å². The second-order valence-electron chi connectivity index (χ2n) is 3.30. The van der Waals surface area contributed by atoms with Crippen molar-refractivity contribution in [2.24, 2.45) is 5.92 Å². The number of hydrogen-bond acceptors (Lipinski definition) is 0. The van der Waals surface area contributed by atoms with Gasteiger partial charge in [-0.2, -0.15) is 0 Å². The molecule has 0 heterocycles. The van der Waals surface area contributed by atoms with Crippen LogP contribution in [0.3, 0.4) is 0 Å². The number of unbranched alkanes of at least 4 members (excludes halogenated alkanes) is 1. The Kier molecular flexibility index (Phi) is 8.20. The highest BCUT2D eigenvalue weighted by Gasteiger charge is 2.02. The van der Waals surface area contributed by atoms with Gasteiger partial charge in [-0.15, -0.1) is 6.58 Å². The fourth-order valence-electron chi connectivity index (χ4n) is 1.37. The van der Waals surface area contributed by atoms with Crippen molar-refractivity contribution < 1.29 is 0 Å². The Morgan fingerprint density at radius 3 is 2.67 bits per heavy atom. The molecule has 0 aromatic heterocycles. The predicted octanol–water partition coefficient (Wildman–Crippen LogP) is 4.34. The summed E-state index contributed by atoms with van der Waals surface area (Å²) in [6.45, 7) is 8.11. The third-order valence-corrected chi connectivity index (χ3v) is 2.30. The molecule has 0 aromatic rings. The Balaban J connectivity index is 3.45. The SMILES string of the molecule is C=CCCCC(CC)CC=CC. The zero-order valence-corrected chi connectivity index (χ0v) is 8.55. The fourth-order valence-corrected chi connectivity index (χ4v) is 1.37. The molecule has 0 radical (unpaired) electrons. The number of hydrogen-bond donors (Lipinski definition) is 0. The van der Waals surface area contributed by atoms with Crippen molar-refractivity contribution in [3.8, 4) is 0 Å². The molecule has 1 unspecified atom stereocenters. The maximum absolute atomic E-state index is 3.73. The summed E-state index contributed by atoms with van der Waals surface area (Å²) in [5.41, 5.74) is 0. The Bertz CT molecular complexity index is 122. The zero-order valence-electron chi connectivity index (χ0n) is 8.55. The molecule has 70 valence electrons. The van der Waals surface area contributed by atoms with Gasteiger partial charge < -0.3 is 0 Å². The second-order valence-corrected chi connectivity index (χ2v) is 3.30. The lowest BCUT2D eigenvalue weighted by Gasteiger charge is -2.10. The van der Waals surface area contributed by atoms with Crippen LogP contribution >= 0.6 is 0 Å². The van der Waals surface area contributed by atoms with E-state index in [4.69, 9.17) is 0 Å². The van der Waals surface area contributed by atoms with Gasteiger partial charge in [0, 0.05) is 0 Å². The Labute approximate surface area is 77.4 Å². The van der Waals surface area contributed by atoms with Gasteiger partial charge in [-0.05, 0) is 38.5 Å². The lowest BCUT2D eigenvalue weighted by molar-refractivity contribution is 0.461. The highest BCUT2D eigenvalue weighted by molar-refractivity contribution is 4.80. The summed E-state index contributed by atoms with van der Waals surface area (Å²) in [7, 11) is 0. The van der Waals surface area contributed by atoms with Crippen LogP contribution in [0, 0.1) is 5.92 Å². The maximum atomic E-state index is 3.73. The Morgan fingerprint density at radius 2 is 2.17 bits per heavy atom. The van der Waals surface area contributed by atoms with E-state index in [2.05, 4.69) is 32.6 Å². The first kappa shape index (κ1) is 11.5. The summed E-state index contributed by atoms with van der Waals surface area (Å²) in [4.78, 5) is 0. The van der Waals surface area contributed by atoms with E-state index >= 15 is 0 Å². The van der Waals surface area contributed by atoms with Crippen molar-refractivity contribution in [3.05, 3.63) is 24.8 Å². The van der Waals surface area contributed by atoms with Gasteiger partial charge >= 0.3 is 0 Å². The molecular weight excluding hydrogens is 144 g/mol. The molecule has 0 aromatic carbocycles. The number of allylic oxidation sites excluding steroid dienone is 3. The summed E-state index contributed by atoms with van der Waals surface area (Å²) in [5.74, 6) is 0.890. The summed E-state index contributed by atoms with van der Waals surface area (Å²) < 4.78 is 0. The van der Waals surface area contributed by atoms with E-state index in [1.807, 2.05) is 6.08 Å². The topological polar surface area (TPSA) is 0 Å². The first-order valence-electron chi connectivity index (χ1n) is 5.07. The van der Waals surface area contributed by atoms with Crippen molar-refractivity contribution >= 4 is 0 Å². The lowest BCUT2D eigenvalue weighted by atomic mass is 9.95. The maximum Gasteiger partial charge on any atom is -0.0322 e. The molecule has 0 heteroatoms. The zero-order chi connectivity index (χ0) is 9.23. The molecular formula is C12H22. The number of rotatable bonds is 7. The molecule has 0 rings (SSSR count). The second kappa shape index (κ2) is 8.58. The largest absolute Gasteiger partial charge is 0.103 e. The molecule has 0 aliphatic heterocycles. The van der Waals surface area contributed by atoms with Crippen LogP contribution in [0.15, 0.2) is 24.8 Å². The van der Waals surface area contributed by atoms with Gasteiger partial charge in [0.2, 0.25) is 0 Å². The smallest absolute Gasteiger partial charge is 0.0322 e. The highest BCUT2D eigenvalue weighted by Crippen LogP contribution is 2.16. The molecule has 0 fully saturated rings. The molecule has 1 atom stereocenters. The van der Waals surface area contributed by atoms with Gasteiger partial charge in [-0.25, -0.2) is 0 Å². The van der Waals surface area contributed by atoms with E-state index in [0.717, 1.165) is 5.92 Å². The standard InChI is InChI=1S/C12H22/c1-4-7-9-11-12(6-3)10-8-5-2/h4-5,8,12H,1,6-7,9-11H2,2-3H3. The molecule has 0 saturated heterocycles. The quantitative estimate of drug-likeness (QED) is 0.390. The lowest BCUT2D eigenvalue weighted by Crippen LogP contribution is -1.96. The van der Waals surface area contributed by atoms with Crippen LogP contribution in [0.2, 0.25) is 0 Å². The molecule has 0 spiro atoms. The van der Waals surface area contributed by atoms with Crippen LogP contribution in [0.5, 0.6) is 0 Å². The predicted molar refractivity (Wildman–Crippen MR) is 57.3 cm³/mol. The molecule has 0 aliphatic carbocycles. The van der Waals surface area contributed by atoms with Crippen molar-refractivity contribution in [2.75, 3.05) is 0 Å². The average Bonchev–Trinajstić information content (AvgIpc) is 2.11. The van der Waals surface area contributed by atoms with E-state index < -0.39 is 0 Å². The van der Waals surface area contributed by atoms with E-state index in [-0.39, 0.29) is 0 Å². The summed E-state index contributed by atoms with van der Waals surface area (Å²) in [6.07, 6.45) is 12.8. The van der Waals surface area contributed by atoms with E-state index in [1.54, 1.807) is 0 Å². The average molecular weight is 166 g/mol. The molecule has 0 nitrogen and oxygen atoms in total. The summed E-state index contributed by atoms with van der Waals surface area (Å²) in [6, 6.07) is 0. The third kappa shape index (κ3) is 6.21. The molecule has 12 heavy (non-hydrogen) atoms. The van der Waals surface area contributed by atoms with Crippen LogP contribution < -0.4 is 0 Å². The van der Waals surface area contributed by atoms with E-state index in [9.17, 15) is 0 Å². The summed E-state index contributed by atoms with van der Waals surface area (Å²) >= 11 is 0. The van der Waals surface area contributed by atoms with Gasteiger partial charge in [0.25, 0.3) is 0 Å². The molecule has 0 amide bonds. The molecule has 0 aliphatic rings. The normalized spacial score (nSPS) is 13.5. The van der Waals surface area contributed by atoms with Crippen molar-refractivity contribution in [3.63, 3.8) is 0 Å². The van der Waals surface area contributed by atoms with Gasteiger partial charge in [-0.3, -0.25) is 0 Å². The fraction of sp³-hybridized carbons (Fsp3) is 0.667. The highest BCUT2D eigenvalue weighted by atomic mass is 14.1. The third-order valence-electron chi connectivity index (χ3n) is 2.30. The van der Waals surface area contributed by atoms with Crippen LogP contribution in [0.1, 0.15) is 46.0 Å². The Hall–Kier alpha value is -0.520. The van der Waals surface area contributed by atoms with Crippen molar-refractivity contribution in [2.45, 2.75) is 46.0 Å².